The van der Waals surface area contributed by atoms with E-state index < -0.39 is 25.9 Å². The van der Waals surface area contributed by atoms with Crippen molar-refractivity contribution in [2.75, 3.05) is 15.7 Å². The molecule has 0 radical (unpaired) electrons. The highest BCUT2D eigenvalue weighted by atomic mass is 32.2. The van der Waals surface area contributed by atoms with Crippen molar-refractivity contribution >= 4 is 42.8 Å². The number of sulfonamides is 2. The van der Waals surface area contributed by atoms with E-state index in [1.54, 1.807) is 11.4 Å². The van der Waals surface area contributed by atoms with E-state index >= 15 is 0 Å². The monoisotopic (exact) mass is 350 g/mol. The molecule has 2 aromatic rings. The highest BCUT2D eigenvalue weighted by Crippen LogP contribution is 2.27. The van der Waals surface area contributed by atoms with Crippen molar-refractivity contribution in [3.63, 3.8) is 0 Å². The lowest BCUT2D eigenvalue weighted by atomic mass is 10.3. The molecule has 0 unspecified atom stereocenters. The van der Waals surface area contributed by atoms with E-state index in [4.69, 9.17) is 0 Å². The number of anilines is 2. The van der Waals surface area contributed by atoms with Crippen molar-refractivity contribution < 1.29 is 21.2 Å². The summed E-state index contributed by atoms with van der Waals surface area (Å²) < 4.78 is 64.3. The minimum Gasteiger partial charge on any atom is -0.282 e. The average molecular weight is 350 g/mol. The molecule has 2 N–H and O–H groups in total. The summed E-state index contributed by atoms with van der Waals surface area (Å²) in [5.74, 6) is -0.696. The van der Waals surface area contributed by atoms with Gasteiger partial charge in [-0.1, -0.05) is 6.07 Å². The molecule has 0 saturated carbocycles. The minimum atomic E-state index is -3.90. The SMILES string of the molecule is CS(=O)(=O)Nc1ccc(F)cc1NS(=O)(=O)c1cccs1. The molecule has 0 spiro atoms. The zero-order chi connectivity index (χ0) is 15.7. The number of halogens is 1. The maximum atomic E-state index is 13.3. The zero-order valence-electron chi connectivity index (χ0n) is 10.7. The second-order valence-electron chi connectivity index (χ2n) is 4.10. The number of hydrogen-bond acceptors (Lipinski definition) is 5. The molecule has 2 rings (SSSR count). The van der Waals surface area contributed by atoms with Gasteiger partial charge in [0.15, 0.2) is 0 Å². The molecule has 0 atom stereocenters. The van der Waals surface area contributed by atoms with Gasteiger partial charge in [0.25, 0.3) is 10.0 Å². The Balaban J connectivity index is 2.42. The van der Waals surface area contributed by atoms with E-state index in [0.717, 1.165) is 35.8 Å². The third-order valence-corrected chi connectivity index (χ3v) is 5.63. The molecule has 21 heavy (non-hydrogen) atoms. The van der Waals surface area contributed by atoms with E-state index in [2.05, 4.69) is 9.44 Å². The molecule has 6 nitrogen and oxygen atoms in total. The van der Waals surface area contributed by atoms with Crippen LogP contribution < -0.4 is 9.44 Å². The number of nitrogens with one attached hydrogen (secondary N) is 2. The van der Waals surface area contributed by atoms with Gasteiger partial charge in [0.2, 0.25) is 10.0 Å². The van der Waals surface area contributed by atoms with Crippen LogP contribution in [-0.2, 0) is 20.0 Å². The van der Waals surface area contributed by atoms with Crippen molar-refractivity contribution in [3.05, 3.63) is 41.5 Å². The fourth-order valence-electron chi connectivity index (χ4n) is 1.50. The summed E-state index contributed by atoms with van der Waals surface area (Å²) in [7, 11) is -7.52. The average Bonchev–Trinajstić information content (AvgIpc) is 2.85. The van der Waals surface area contributed by atoms with Crippen LogP contribution >= 0.6 is 11.3 Å². The largest absolute Gasteiger partial charge is 0.282 e. The molecule has 0 aliphatic heterocycles. The smallest absolute Gasteiger partial charge is 0.271 e. The molecule has 0 fully saturated rings. The summed E-state index contributed by atoms with van der Waals surface area (Å²) in [6.07, 6.45) is 0.911. The first-order valence-corrected chi connectivity index (χ1v) is 9.76. The standard InChI is InChI=1S/C11H11FN2O4S3/c1-20(15,16)13-9-5-4-8(12)7-10(9)14-21(17,18)11-3-2-6-19-11/h2-7,13-14H,1H3. The molecular weight excluding hydrogens is 339 g/mol. The molecule has 0 bridgehead atoms. The Morgan fingerprint density at radius 2 is 1.76 bits per heavy atom. The normalized spacial score (nSPS) is 12.1. The Kier molecular flexibility index (Phi) is 4.21. The number of thiophene rings is 1. The summed E-state index contributed by atoms with van der Waals surface area (Å²) in [5.41, 5.74) is -0.243. The van der Waals surface area contributed by atoms with Gasteiger partial charge in [0.05, 0.1) is 17.6 Å². The predicted molar refractivity (Wildman–Crippen MR) is 80.0 cm³/mol. The van der Waals surface area contributed by atoms with Gasteiger partial charge in [-0.05, 0) is 23.6 Å². The second-order valence-corrected chi connectivity index (χ2v) is 8.71. The Hall–Kier alpha value is -1.65. The van der Waals surface area contributed by atoms with Crippen LogP contribution in [0, 0.1) is 5.82 Å². The summed E-state index contributed by atoms with van der Waals surface area (Å²) in [6, 6.07) is 6.01. The lowest BCUT2D eigenvalue weighted by Gasteiger charge is -2.12. The van der Waals surface area contributed by atoms with Gasteiger partial charge in [0.1, 0.15) is 10.0 Å². The third-order valence-electron chi connectivity index (χ3n) is 2.28. The number of rotatable bonds is 5. The molecule has 0 aliphatic rings. The number of benzene rings is 1. The first-order chi connectivity index (χ1) is 9.67. The van der Waals surface area contributed by atoms with Gasteiger partial charge in [-0.3, -0.25) is 9.44 Å². The molecule has 0 amide bonds. The first kappa shape index (κ1) is 15.7. The lowest BCUT2D eigenvalue weighted by molar-refractivity contribution is 0.601. The summed E-state index contributed by atoms with van der Waals surface area (Å²) in [5, 5.41) is 1.58. The molecular formula is C11H11FN2O4S3. The Labute approximate surface area is 125 Å². The van der Waals surface area contributed by atoms with E-state index in [9.17, 15) is 21.2 Å². The van der Waals surface area contributed by atoms with Crippen LogP contribution in [0.4, 0.5) is 15.8 Å². The van der Waals surface area contributed by atoms with Crippen LogP contribution in [0.1, 0.15) is 0 Å². The topological polar surface area (TPSA) is 92.3 Å². The van der Waals surface area contributed by atoms with Crippen LogP contribution in [0.2, 0.25) is 0 Å². The lowest BCUT2D eigenvalue weighted by Crippen LogP contribution is -2.16. The van der Waals surface area contributed by atoms with Gasteiger partial charge in [-0.25, -0.2) is 21.2 Å². The summed E-state index contributed by atoms with van der Waals surface area (Å²) in [4.78, 5) is 0. The van der Waals surface area contributed by atoms with Gasteiger partial charge >= 0.3 is 0 Å². The van der Waals surface area contributed by atoms with Gasteiger partial charge < -0.3 is 0 Å². The molecule has 1 heterocycles. The molecule has 1 aromatic carbocycles. The van der Waals surface area contributed by atoms with E-state index in [-0.39, 0.29) is 15.6 Å². The molecule has 0 saturated heterocycles. The fraction of sp³-hybridized carbons (Fsp3) is 0.0909. The Bertz CT molecular complexity index is 846. The van der Waals surface area contributed by atoms with E-state index in [1.165, 1.54) is 6.07 Å². The van der Waals surface area contributed by atoms with Crippen LogP contribution in [0.3, 0.4) is 0 Å². The first-order valence-electron chi connectivity index (χ1n) is 5.51. The summed E-state index contributed by atoms with van der Waals surface area (Å²) in [6.45, 7) is 0. The van der Waals surface area contributed by atoms with Gasteiger partial charge in [-0.15, -0.1) is 11.3 Å². The van der Waals surface area contributed by atoms with Gasteiger partial charge in [0, 0.05) is 6.07 Å². The van der Waals surface area contributed by atoms with Crippen molar-refractivity contribution in [2.24, 2.45) is 0 Å². The highest BCUT2D eigenvalue weighted by Gasteiger charge is 2.18. The highest BCUT2D eigenvalue weighted by molar-refractivity contribution is 7.94. The molecule has 10 heteroatoms. The second kappa shape index (κ2) is 5.62. The van der Waals surface area contributed by atoms with Crippen molar-refractivity contribution in [3.8, 4) is 0 Å². The van der Waals surface area contributed by atoms with E-state index in [1.807, 2.05) is 0 Å². The van der Waals surface area contributed by atoms with Gasteiger partial charge in [-0.2, -0.15) is 0 Å². The Morgan fingerprint density at radius 1 is 1.05 bits per heavy atom. The third kappa shape index (κ3) is 4.16. The maximum absolute atomic E-state index is 13.3. The van der Waals surface area contributed by atoms with Crippen molar-refractivity contribution in [1.29, 1.82) is 0 Å². The van der Waals surface area contributed by atoms with Crippen molar-refractivity contribution in [2.45, 2.75) is 4.21 Å². The van der Waals surface area contributed by atoms with Crippen molar-refractivity contribution in [1.82, 2.24) is 0 Å². The summed E-state index contributed by atoms with van der Waals surface area (Å²) >= 11 is 0.989. The quantitative estimate of drug-likeness (QED) is 0.863. The Morgan fingerprint density at radius 3 is 2.33 bits per heavy atom. The molecule has 114 valence electrons. The van der Waals surface area contributed by atoms with Crippen LogP contribution in [0.25, 0.3) is 0 Å². The van der Waals surface area contributed by atoms with E-state index in [0.29, 0.717) is 0 Å². The zero-order valence-corrected chi connectivity index (χ0v) is 13.1. The van der Waals surface area contributed by atoms with Crippen LogP contribution in [0.15, 0.2) is 39.9 Å². The fourth-order valence-corrected chi connectivity index (χ4v) is 4.14. The van der Waals surface area contributed by atoms with Crippen LogP contribution in [-0.4, -0.2) is 23.1 Å². The molecule has 0 aliphatic carbocycles. The van der Waals surface area contributed by atoms with Crippen LogP contribution in [0.5, 0.6) is 0 Å². The molecule has 1 aromatic heterocycles. The number of hydrogen-bond donors (Lipinski definition) is 2. The minimum absolute atomic E-state index is 0.0390. The predicted octanol–water partition coefficient (Wildman–Crippen LogP) is 2.06. The maximum Gasteiger partial charge on any atom is 0.271 e.